The second-order valence-electron chi connectivity index (χ2n) is 3.90. The molecule has 1 atom stereocenters. The Morgan fingerprint density at radius 3 is 2.78 bits per heavy atom. The van der Waals surface area contributed by atoms with Crippen molar-refractivity contribution in [1.82, 2.24) is 5.32 Å². The monoisotopic (exact) mass is 365 g/mol. The average Bonchev–Trinajstić information content (AvgIpc) is 2.29. The van der Waals surface area contributed by atoms with Gasteiger partial charge in [0.05, 0.1) is 11.0 Å². The molecule has 6 nitrogen and oxygen atoms in total. The summed E-state index contributed by atoms with van der Waals surface area (Å²) in [5.41, 5.74) is 0.970. The van der Waals surface area contributed by atoms with Crippen molar-refractivity contribution in [3.05, 3.63) is 31.9 Å². The highest BCUT2D eigenvalue weighted by atomic mass is 127. The Balaban J connectivity index is 2.41. The fourth-order valence-corrected chi connectivity index (χ4v) is 2.05. The largest absolute Gasteiger partial charge is 0.392 e. The summed E-state index contributed by atoms with van der Waals surface area (Å²) in [6.07, 6.45) is -0.357. The molecular formula is C11H16IN3O3. The van der Waals surface area contributed by atoms with Gasteiger partial charge in [-0.25, -0.2) is 0 Å². The first-order valence-corrected chi connectivity index (χ1v) is 6.65. The van der Waals surface area contributed by atoms with E-state index in [1.807, 2.05) is 0 Å². The topological polar surface area (TPSA) is 87.4 Å². The molecule has 0 aliphatic rings. The van der Waals surface area contributed by atoms with E-state index >= 15 is 0 Å². The third-order valence-electron chi connectivity index (χ3n) is 2.22. The molecule has 0 amide bonds. The predicted octanol–water partition coefficient (Wildman–Crippen LogP) is 1.58. The molecule has 0 radical (unpaired) electrons. The molecular weight excluding hydrogens is 349 g/mol. The number of nitro groups is 1. The van der Waals surface area contributed by atoms with E-state index in [0.29, 0.717) is 13.1 Å². The van der Waals surface area contributed by atoms with Gasteiger partial charge in [-0.1, -0.05) is 0 Å². The van der Waals surface area contributed by atoms with Crippen LogP contribution in [-0.2, 0) is 0 Å². The van der Waals surface area contributed by atoms with Crippen molar-refractivity contribution in [3.8, 4) is 0 Å². The lowest BCUT2D eigenvalue weighted by molar-refractivity contribution is -0.384. The Hall–Kier alpha value is -0.930. The maximum absolute atomic E-state index is 10.6. The van der Waals surface area contributed by atoms with Crippen LogP contribution in [0.4, 0.5) is 11.4 Å². The molecule has 0 aliphatic heterocycles. The van der Waals surface area contributed by atoms with Gasteiger partial charge in [0.25, 0.3) is 5.69 Å². The normalized spacial score (nSPS) is 12.2. The van der Waals surface area contributed by atoms with Crippen LogP contribution in [-0.4, -0.2) is 35.8 Å². The highest BCUT2D eigenvalue weighted by molar-refractivity contribution is 14.1. The Morgan fingerprint density at radius 2 is 2.22 bits per heavy atom. The summed E-state index contributed by atoms with van der Waals surface area (Å²) < 4.78 is 0.817. The fourth-order valence-electron chi connectivity index (χ4n) is 1.36. The summed E-state index contributed by atoms with van der Waals surface area (Å²) in [5.74, 6) is 0. The van der Waals surface area contributed by atoms with E-state index in [4.69, 9.17) is 5.11 Å². The van der Waals surface area contributed by atoms with Gasteiger partial charge in [-0.05, 0) is 35.6 Å². The Labute approximate surface area is 119 Å². The van der Waals surface area contributed by atoms with Crippen molar-refractivity contribution in [3.63, 3.8) is 0 Å². The number of anilines is 1. The quantitative estimate of drug-likeness (QED) is 0.296. The molecule has 100 valence electrons. The molecule has 0 heterocycles. The van der Waals surface area contributed by atoms with Gasteiger partial charge in [0.15, 0.2) is 0 Å². The number of hydrogen-bond acceptors (Lipinski definition) is 5. The predicted molar refractivity (Wildman–Crippen MR) is 78.9 cm³/mol. The minimum absolute atomic E-state index is 0.0946. The molecule has 1 aromatic carbocycles. The maximum atomic E-state index is 10.6. The lowest BCUT2D eigenvalue weighted by Crippen LogP contribution is -2.29. The van der Waals surface area contributed by atoms with Gasteiger partial charge in [0.1, 0.15) is 0 Å². The minimum Gasteiger partial charge on any atom is -0.392 e. The zero-order valence-electron chi connectivity index (χ0n) is 10.0. The van der Waals surface area contributed by atoms with E-state index in [1.54, 1.807) is 13.0 Å². The molecule has 1 rings (SSSR count). The first-order valence-electron chi connectivity index (χ1n) is 5.57. The summed E-state index contributed by atoms with van der Waals surface area (Å²) in [6.45, 7) is 3.69. The van der Waals surface area contributed by atoms with E-state index in [-0.39, 0.29) is 11.8 Å². The van der Waals surface area contributed by atoms with Crippen LogP contribution in [0.25, 0.3) is 0 Å². The first kappa shape index (κ1) is 15.1. The van der Waals surface area contributed by atoms with Gasteiger partial charge >= 0.3 is 0 Å². The molecule has 0 bridgehead atoms. The number of aliphatic hydroxyl groups is 1. The van der Waals surface area contributed by atoms with Crippen LogP contribution in [0.15, 0.2) is 18.2 Å². The SMILES string of the molecule is CC(O)CNCCNc1ccc([N+](=O)[O-])cc1I. The molecule has 1 unspecified atom stereocenters. The summed E-state index contributed by atoms with van der Waals surface area (Å²) in [6, 6.07) is 4.72. The van der Waals surface area contributed by atoms with Crippen LogP contribution in [0.1, 0.15) is 6.92 Å². The molecule has 0 aliphatic carbocycles. The standard InChI is InChI=1S/C11H16IN3O3/c1-8(16)7-13-4-5-14-11-3-2-9(15(17)18)6-10(11)12/h2-3,6,8,13-14,16H,4-5,7H2,1H3. The molecule has 18 heavy (non-hydrogen) atoms. The Bertz CT molecular complexity index is 413. The third kappa shape index (κ3) is 5.15. The number of aliphatic hydroxyl groups excluding tert-OH is 1. The Morgan fingerprint density at radius 1 is 1.50 bits per heavy atom. The van der Waals surface area contributed by atoms with Crippen LogP contribution >= 0.6 is 22.6 Å². The summed E-state index contributed by atoms with van der Waals surface area (Å²) >= 11 is 2.06. The van der Waals surface area contributed by atoms with E-state index < -0.39 is 4.92 Å². The van der Waals surface area contributed by atoms with E-state index in [1.165, 1.54) is 12.1 Å². The fraction of sp³-hybridized carbons (Fsp3) is 0.455. The summed E-state index contributed by atoms with van der Waals surface area (Å²) in [7, 11) is 0. The zero-order chi connectivity index (χ0) is 13.5. The van der Waals surface area contributed by atoms with E-state index in [9.17, 15) is 10.1 Å². The van der Waals surface area contributed by atoms with Crippen molar-refractivity contribution in [2.75, 3.05) is 25.0 Å². The zero-order valence-corrected chi connectivity index (χ0v) is 12.2. The van der Waals surface area contributed by atoms with Crippen molar-refractivity contribution in [1.29, 1.82) is 0 Å². The molecule has 1 aromatic rings. The van der Waals surface area contributed by atoms with Crippen LogP contribution in [0, 0.1) is 13.7 Å². The maximum Gasteiger partial charge on any atom is 0.270 e. The summed E-state index contributed by atoms with van der Waals surface area (Å²) in [4.78, 5) is 10.2. The molecule has 3 N–H and O–H groups in total. The second kappa shape index (κ2) is 7.49. The van der Waals surface area contributed by atoms with Gasteiger partial charge in [0, 0.05) is 41.0 Å². The van der Waals surface area contributed by atoms with E-state index in [0.717, 1.165) is 15.8 Å². The van der Waals surface area contributed by atoms with Crippen molar-refractivity contribution >= 4 is 34.0 Å². The molecule has 0 saturated heterocycles. The van der Waals surface area contributed by atoms with Gasteiger partial charge < -0.3 is 15.7 Å². The number of nitrogens with zero attached hydrogens (tertiary/aromatic N) is 1. The third-order valence-corrected chi connectivity index (χ3v) is 3.11. The number of halogens is 1. The van der Waals surface area contributed by atoms with Crippen molar-refractivity contribution < 1.29 is 10.0 Å². The van der Waals surface area contributed by atoms with Gasteiger partial charge in [-0.3, -0.25) is 10.1 Å². The molecule has 7 heteroatoms. The van der Waals surface area contributed by atoms with Crippen LogP contribution in [0.3, 0.4) is 0 Å². The Kier molecular flexibility index (Phi) is 6.30. The highest BCUT2D eigenvalue weighted by Gasteiger charge is 2.08. The second-order valence-corrected chi connectivity index (χ2v) is 5.06. The van der Waals surface area contributed by atoms with Crippen LogP contribution < -0.4 is 10.6 Å². The summed E-state index contributed by atoms with van der Waals surface area (Å²) in [5, 5.41) is 25.9. The first-order chi connectivity index (χ1) is 8.50. The number of hydrogen-bond donors (Lipinski definition) is 3. The van der Waals surface area contributed by atoms with Crippen molar-refractivity contribution in [2.45, 2.75) is 13.0 Å². The molecule has 0 saturated carbocycles. The minimum atomic E-state index is -0.407. The number of benzene rings is 1. The number of non-ortho nitro benzene ring substituents is 1. The lowest BCUT2D eigenvalue weighted by Gasteiger charge is -2.10. The average molecular weight is 365 g/mol. The van der Waals surface area contributed by atoms with Crippen LogP contribution in [0.5, 0.6) is 0 Å². The number of nitrogens with one attached hydrogen (secondary N) is 2. The van der Waals surface area contributed by atoms with Gasteiger partial charge in [-0.15, -0.1) is 0 Å². The van der Waals surface area contributed by atoms with Gasteiger partial charge in [-0.2, -0.15) is 0 Å². The van der Waals surface area contributed by atoms with Gasteiger partial charge in [0.2, 0.25) is 0 Å². The van der Waals surface area contributed by atoms with Crippen molar-refractivity contribution in [2.24, 2.45) is 0 Å². The van der Waals surface area contributed by atoms with Crippen LogP contribution in [0.2, 0.25) is 0 Å². The molecule has 0 fully saturated rings. The molecule has 0 aromatic heterocycles. The highest BCUT2D eigenvalue weighted by Crippen LogP contribution is 2.23. The number of rotatable bonds is 7. The van der Waals surface area contributed by atoms with E-state index in [2.05, 4.69) is 33.2 Å². The number of nitro benzene ring substituents is 1. The molecule has 0 spiro atoms. The lowest BCUT2D eigenvalue weighted by atomic mass is 10.3. The smallest absolute Gasteiger partial charge is 0.270 e.